The van der Waals surface area contributed by atoms with Gasteiger partial charge < -0.3 is 4.74 Å². The number of hydrogen-bond acceptors (Lipinski definition) is 2. The molecule has 0 bridgehead atoms. The van der Waals surface area contributed by atoms with Crippen LogP contribution in [0.2, 0.25) is 0 Å². The zero-order valence-corrected chi connectivity index (χ0v) is 24.1. The third kappa shape index (κ3) is 20.6. The second kappa shape index (κ2) is 23.9. The van der Waals surface area contributed by atoms with Crippen LogP contribution in [0, 0.1) is 17.8 Å². The summed E-state index contributed by atoms with van der Waals surface area (Å²) in [5.41, 5.74) is 0.512. The molecule has 0 aliphatic carbocycles. The van der Waals surface area contributed by atoms with Crippen LogP contribution in [0.4, 0.5) is 0 Å². The molecule has 0 spiro atoms. The Morgan fingerprint density at radius 2 is 1.09 bits per heavy atom. The van der Waals surface area contributed by atoms with Gasteiger partial charge in [0.1, 0.15) is 0 Å². The molecule has 0 heterocycles. The van der Waals surface area contributed by atoms with Crippen LogP contribution in [0.5, 0.6) is 0 Å². The lowest BCUT2D eigenvalue weighted by molar-refractivity contribution is -0.141. The Bertz CT molecular complexity index is 470. The highest BCUT2D eigenvalue weighted by Gasteiger charge is 2.20. The number of hydrogen-bond donors (Lipinski definition) is 0. The molecule has 2 heteroatoms. The average Bonchev–Trinajstić information content (AvgIpc) is 2.82. The van der Waals surface area contributed by atoms with E-state index in [-0.39, 0.29) is 5.97 Å². The van der Waals surface area contributed by atoms with Gasteiger partial charge in [-0.05, 0) is 31.1 Å². The molecule has 0 amide bonds. The summed E-state index contributed by atoms with van der Waals surface area (Å²) in [6.07, 6.45) is 27.2. The van der Waals surface area contributed by atoms with Gasteiger partial charge in [-0.25, -0.2) is 4.79 Å². The zero-order chi connectivity index (χ0) is 25.4. The molecule has 0 saturated heterocycles. The van der Waals surface area contributed by atoms with Gasteiger partial charge in [0.2, 0.25) is 0 Å². The van der Waals surface area contributed by atoms with Gasteiger partial charge in [-0.2, -0.15) is 0 Å². The second-order valence-electron chi connectivity index (χ2n) is 11.3. The van der Waals surface area contributed by atoms with Crippen molar-refractivity contribution in [1.29, 1.82) is 0 Å². The number of carbonyl (C=O) groups excluding carboxylic acids is 1. The predicted octanol–water partition coefficient (Wildman–Crippen LogP) is 10.8. The first-order valence-corrected chi connectivity index (χ1v) is 15.2. The Morgan fingerprint density at radius 1 is 0.647 bits per heavy atom. The fourth-order valence-electron chi connectivity index (χ4n) is 4.94. The van der Waals surface area contributed by atoms with Gasteiger partial charge in [0.05, 0.1) is 6.61 Å². The van der Waals surface area contributed by atoms with Gasteiger partial charge in [-0.15, -0.1) is 0 Å². The molecule has 202 valence electrons. The molecule has 2 nitrogen and oxygen atoms in total. The summed E-state index contributed by atoms with van der Waals surface area (Å²) in [5.74, 6) is 1.65. The van der Waals surface area contributed by atoms with E-state index in [0.717, 1.165) is 5.92 Å². The maximum absolute atomic E-state index is 12.0. The molecule has 0 aliphatic heterocycles. The number of esters is 1. The van der Waals surface area contributed by atoms with Crippen LogP contribution in [0.3, 0.4) is 0 Å². The first-order chi connectivity index (χ1) is 16.4. The van der Waals surface area contributed by atoms with E-state index in [2.05, 4.69) is 34.3 Å². The van der Waals surface area contributed by atoms with Crippen molar-refractivity contribution in [3.05, 3.63) is 12.2 Å². The molecule has 3 unspecified atom stereocenters. The van der Waals surface area contributed by atoms with E-state index in [1.54, 1.807) is 6.92 Å². The van der Waals surface area contributed by atoms with Crippen LogP contribution < -0.4 is 0 Å². The molecular formula is C32H62O2. The first kappa shape index (κ1) is 33.2. The molecule has 3 atom stereocenters. The average molecular weight is 479 g/mol. The van der Waals surface area contributed by atoms with Crippen LogP contribution in [-0.2, 0) is 9.53 Å². The Morgan fingerprint density at radius 3 is 1.56 bits per heavy atom. The predicted molar refractivity (Wildman–Crippen MR) is 151 cm³/mol. The van der Waals surface area contributed by atoms with E-state index in [9.17, 15) is 4.79 Å². The molecule has 0 radical (unpaired) electrons. The Balaban J connectivity index is 4.22. The number of unbranched alkanes of at least 4 members (excludes halogenated alkanes) is 14. The first-order valence-electron chi connectivity index (χ1n) is 15.2. The third-order valence-corrected chi connectivity index (χ3v) is 7.68. The van der Waals surface area contributed by atoms with E-state index in [4.69, 9.17) is 4.74 Å². The summed E-state index contributed by atoms with van der Waals surface area (Å²) >= 11 is 0. The number of ether oxygens (including phenoxy) is 1. The summed E-state index contributed by atoms with van der Waals surface area (Å²) < 4.78 is 5.62. The van der Waals surface area contributed by atoms with E-state index in [1.807, 2.05) is 0 Å². The standard InChI is InChI=1S/C32H62O2/c1-7-9-11-13-15-17-19-21-23-29(5)25-26-31(27-34-32(33)28(3)4)30(6)24-22-20-18-16-14-12-10-8-2/h29-31H,3,7-27H2,1-2,4-6H3. The highest BCUT2D eigenvalue weighted by Crippen LogP contribution is 2.27. The maximum Gasteiger partial charge on any atom is 0.333 e. The minimum atomic E-state index is -0.226. The smallest absolute Gasteiger partial charge is 0.333 e. The quantitative estimate of drug-likeness (QED) is 0.0740. The topological polar surface area (TPSA) is 26.3 Å². The molecular weight excluding hydrogens is 416 g/mol. The van der Waals surface area contributed by atoms with Gasteiger partial charge >= 0.3 is 5.97 Å². The van der Waals surface area contributed by atoms with Crippen LogP contribution >= 0.6 is 0 Å². The van der Waals surface area contributed by atoms with Gasteiger partial charge in [0, 0.05) is 5.57 Å². The van der Waals surface area contributed by atoms with Crippen LogP contribution in [0.1, 0.15) is 163 Å². The Hall–Kier alpha value is -0.790. The largest absolute Gasteiger partial charge is 0.462 e. The number of carbonyl (C=O) groups is 1. The third-order valence-electron chi connectivity index (χ3n) is 7.68. The fourth-order valence-corrected chi connectivity index (χ4v) is 4.94. The molecule has 0 aliphatic rings. The van der Waals surface area contributed by atoms with Crippen molar-refractivity contribution in [3.8, 4) is 0 Å². The van der Waals surface area contributed by atoms with E-state index in [1.165, 1.54) is 128 Å². The van der Waals surface area contributed by atoms with Crippen molar-refractivity contribution in [2.45, 2.75) is 163 Å². The van der Waals surface area contributed by atoms with Crippen LogP contribution in [-0.4, -0.2) is 12.6 Å². The molecule has 0 aromatic carbocycles. The van der Waals surface area contributed by atoms with Gasteiger partial charge in [-0.3, -0.25) is 0 Å². The summed E-state index contributed by atoms with van der Waals surface area (Å²) in [6, 6.07) is 0. The molecule has 0 aromatic rings. The maximum atomic E-state index is 12.0. The minimum absolute atomic E-state index is 0.226. The fraction of sp³-hybridized carbons (Fsp3) is 0.906. The van der Waals surface area contributed by atoms with Crippen molar-refractivity contribution < 1.29 is 9.53 Å². The molecule has 0 rings (SSSR count). The number of rotatable bonds is 25. The minimum Gasteiger partial charge on any atom is -0.462 e. The lowest BCUT2D eigenvalue weighted by Gasteiger charge is -2.25. The highest BCUT2D eigenvalue weighted by molar-refractivity contribution is 5.86. The van der Waals surface area contributed by atoms with Crippen molar-refractivity contribution >= 4 is 5.97 Å². The second-order valence-corrected chi connectivity index (χ2v) is 11.3. The van der Waals surface area contributed by atoms with Gasteiger partial charge in [0.15, 0.2) is 0 Å². The monoisotopic (exact) mass is 478 g/mol. The van der Waals surface area contributed by atoms with E-state index >= 15 is 0 Å². The van der Waals surface area contributed by atoms with Crippen molar-refractivity contribution in [1.82, 2.24) is 0 Å². The van der Waals surface area contributed by atoms with Crippen molar-refractivity contribution in [2.24, 2.45) is 17.8 Å². The van der Waals surface area contributed by atoms with Crippen molar-refractivity contribution in [3.63, 3.8) is 0 Å². The molecule has 34 heavy (non-hydrogen) atoms. The van der Waals surface area contributed by atoms with E-state index in [0.29, 0.717) is 24.0 Å². The summed E-state index contributed by atoms with van der Waals surface area (Å²) in [7, 11) is 0. The zero-order valence-electron chi connectivity index (χ0n) is 24.1. The van der Waals surface area contributed by atoms with E-state index < -0.39 is 0 Å². The van der Waals surface area contributed by atoms with Gasteiger partial charge in [0.25, 0.3) is 0 Å². The lowest BCUT2D eigenvalue weighted by atomic mass is 9.84. The normalized spacial score (nSPS) is 14.0. The Kier molecular flexibility index (Phi) is 23.4. The molecule has 0 saturated carbocycles. The Labute approximate surface area is 215 Å². The van der Waals surface area contributed by atoms with Crippen LogP contribution in [0.15, 0.2) is 12.2 Å². The molecule has 0 fully saturated rings. The summed E-state index contributed by atoms with van der Waals surface area (Å²) in [6.45, 7) is 15.4. The van der Waals surface area contributed by atoms with Crippen molar-refractivity contribution in [2.75, 3.05) is 6.61 Å². The molecule has 0 aromatic heterocycles. The summed E-state index contributed by atoms with van der Waals surface area (Å²) in [4.78, 5) is 12.0. The lowest BCUT2D eigenvalue weighted by Crippen LogP contribution is -2.21. The summed E-state index contributed by atoms with van der Waals surface area (Å²) in [5, 5.41) is 0. The molecule has 0 N–H and O–H groups in total. The van der Waals surface area contributed by atoms with Crippen LogP contribution in [0.25, 0.3) is 0 Å². The highest BCUT2D eigenvalue weighted by atomic mass is 16.5. The SMILES string of the molecule is C=C(C)C(=O)OCC(CCC(C)CCCCCCCCCC)C(C)CCCCCCCCCC. The van der Waals surface area contributed by atoms with Gasteiger partial charge in [-0.1, -0.05) is 156 Å².